The van der Waals surface area contributed by atoms with Crippen LogP contribution in [0.2, 0.25) is 0 Å². The fourth-order valence-corrected chi connectivity index (χ4v) is 3.08. The van der Waals surface area contributed by atoms with Gasteiger partial charge in [-0.1, -0.05) is 11.3 Å². The van der Waals surface area contributed by atoms with Crippen molar-refractivity contribution >= 4 is 22.8 Å². The van der Waals surface area contributed by atoms with Crippen molar-refractivity contribution < 1.29 is 9.53 Å². The topological polar surface area (TPSA) is 42.4 Å². The molecule has 1 aliphatic rings. The van der Waals surface area contributed by atoms with Crippen LogP contribution in [0.15, 0.2) is 0 Å². The highest BCUT2D eigenvalue weighted by Crippen LogP contribution is 2.31. The van der Waals surface area contributed by atoms with Crippen molar-refractivity contribution in [2.24, 2.45) is 0 Å². The van der Waals surface area contributed by atoms with E-state index in [1.54, 1.807) is 7.11 Å². The summed E-state index contributed by atoms with van der Waals surface area (Å²) >= 11 is 1.47. The molecule has 0 bridgehead atoms. The van der Waals surface area contributed by atoms with Crippen LogP contribution < -0.4 is 4.90 Å². The normalized spacial score (nSPS) is 25.0. The fraction of sp³-hybridized carbons (Fsp3) is 0.667. The third-order valence-electron chi connectivity index (χ3n) is 3.35. The number of carbonyl (C=O) groups excluding carboxylic acids is 1. The lowest BCUT2D eigenvalue weighted by molar-refractivity contribution is -0.00466. The van der Waals surface area contributed by atoms with E-state index in [1.807, 2.05) is 6.92 Å². The first-order valence-corrected chi connectivity index (χ1v) is 6.62. The van der Waals surface area contributed by atoms with Gasteiger partial charge in [0.15, 0.2) is 11.4 Å². The average Bonchev–Trinajstić information content (AvgIpc) is 2.71. The largest absolute Gasteiger partial charge is 0.377 e. The number of anilines is 1. The summed E-state index contributed by atoms with van der Waals surface area (Å²) in [5.41, 5.74) is 0.726. The molecule has 1 aliphatic heterocycles. The van der Waals surface area contributed by atoms with Crippen molar-refractivity contribution in [3.63, 3.8) is 0 Å². The Labute approximate surface area is 106 Å². The summed E-state index contributed by atoms with van der Waals surface area (Å²) in [7, 11) is 1.76. The second kappa shape index (κ2) is 4.74. The van der Waals surface area contributed by atoms with Crippen molar-refractivity contribution in [2.75, 3.05) is 25.1 Å². The summed E-state index contributed by atoms with van der Waals surface area (Å²) in [4.78, 5) is 18.2. The number of nitrogens with zero attached hydrogens (tertiary/aromatic N) is 2. The average molecular weight is 254 g/mol. The molecule has 0 radical (unpaired) electrons. The molecule has 1 unspecified atom stereocenters. The van der Waals surface area contributed by atoms with Crippen LogP contribution >= 0.6 is 11.3 Å². The summed E-state index contributed by atoms with van der Waals surface area (Å²) in [6.07, 6.45) is 3.06. The minimum absolute atomic E-state index is 0.0980. The van der Waals surface area contributed by atoms with Crippen LogP contribution in [0.5, 0.6) is 0 Å². The molecule has 0 spiro atoms. The molecule has 0 N–H and O–H groups in total. The Bertz CT molecular complexity index is 419. The molecule has 4 nitrogen and oxygen atoms in total. The third-order valence-corrected chi connectivity index (χ3v) is 4.49. The molecule has 1 fully saturated rings. The first-order valence-electron chi connectivity index (χ1n) is 5.81. The van der Waals surface area contributed by atoms with Gasteiger partial charge in [-0.15, -0.1) is 0 Å². The SMILES string of the molecule is COC1(C)CCCN(c2nc(C)c(C=O)s2)C1. The quantitative estimate of drug-likeness (QED) is 0.776. The summed E-state index contributed by atoms with van der Waals surface area (Å²) in [6.45, 7) is 5.84. The zero-order valence-electron chi connectivity index (χ0n) is 10.5. The standard InChI is InChI=1S/C12H18N2O2S/c1-9-10(7-15)17-11(13-9)14-6-4-5-12(2,8-14)16-3/h7H,4-6,8H2,1-3H3. The lowest BCUT2D eigenvalue weighted by atomic mass is 9.95. The highest BCUT2D eigenvalue weighted by atomic mass is 32.1. The molecular weight excluding hydrogens is 236 g/mol. The van der Waals surface area contributed by atoms with Crippen LogP contribution in [0.25, 0.3) is 0 Å². The summed E-state index contributed by atoms with van der Waals surface area (Å²) in [5, 5.41) is 0.938. The van der Waals surface area contributed by atoms with Crippen LogP contribution in [-0.2, 0) is 4.74 Å². The van der Waals surface area contributed by atoms with Gasteiger partial charge >= 0.3 is 0 Å². The second-order valence-electron chi connectivity index (χ2n) is 4.74. The molecule has 2 rings (SSSR count). The van der Waals surface area contributed by atoms with Gasteiger partial charge in [0, 0.05) is 20.2 Å². The molecule has 17 heavy (non-hydrogen) atoms. The minimum atomic E-state index is -0.0980. The molecule has 2 heterocycles. The van der Waals surface area contributed by atoms with Gasteiger partial charge in [0.25, 0.3) is 0 Å². The summed E-state index contributed by atoms with van der Waals surface area (Å²) in [5.74, 6) is 0. The number of piperidine rings is 1. The van der Waals surface area contributed by atoms with Crippen LogP contribution in [0, 0.1) is 6.92 Å². The maximum atomic E-state index is 10.8. The van der Waals surface area contributed by atoms with Gasteiger partial charge < -0.3 is 9.64 Å². The van der Waals surface area contributed by atoms with Gasteiger partial charge in [-0.25, -0.2) is 4.98 Å². The Balaban J connectivity index is 2.19. The number of aromatic nitrogens is 1. The van der Waals surface area contributed by atoms with Crippen molar-refractivity contribution in [3.8, 4) is 0 Å². The Kier molecular flexibility index (Phi) is 3.49. The number of aldehydes is 1. The van der Waals surface area contributed by atoms with Crippen molar-refractivity contribution in [1.82, 2.24) is 4.98 Å². The highest BCUT2D eigenvalue weighted by molar-refractivity contribution is 7.17. The van der Waals surface area contributed by atoms with E-state index in [0.717, 1.165) is 47.9 Å². The minimum Gasteiger partial charge on any atom is -0.377 e. The lowest BCUT2D eigenvalue weighted by Crippen LogP contribution is -2.47. The third kappa shape index (κ3) is 2.50. The maximum Gasteiger partial charge on any atom is 0.186 e. The molecule has 94 valence electrons. The monoisotopic (exact) mass is 254 g/mol. The number of thiazole rings is 1. The van der Waals surface area contributed by atoms with Gasteiger partial charge in [-0.3, -0.25) is 4.79 Å². The Morgan fingerprint density at radius 3 is 2.94 bits per heavy atom. The maximum absolute atomic E-state index is 10.8. The highest BCUT2D eigenvalue weighted by Gasteiger charge is 2.32. The lowest BCUT2D eigenvalue weighted by Gasteiger charge is -2.39. The zero-order chi connectivity index (χ0) is 12.5. The number of hydrogen-bond donors (Lipinski definition) is 0. The van der Waals surface area contributed by atoms with E-state index < -0.39 is 0 Å². The predicted octanol–water partition coefficient (Wildman–Crippen LogP) is 2.27. The molecule has 1 aromatic heterocycles. The summed E-state index contributed by atoms with van der Waals surface area (Å²) in [6, 6.07) is 0. The van der Waals surface area contributed by atoms with E-state index in [2.05, 4.69) is 16.8 Å². The van der Waals surface area contributed by atoms with Crippen molar-refractivity contribution in [2.45, 2.75) is 32.3 Å². The second-order valence-corrected chi connectivity index (χ2v) is 5.75. The number of rotatable bonds is 3. The van der Waals surface area contributed by atoms with Gasteiger partial charge in [-0.05, 0) is 26.7 Å². The smallest absolute Gasteiger partial charge is 0.186 e. The van der Waals surface area contributed by atoms with E-state index in [9.17, 15) is 4.79 Å². The predicted molar refractivity (Wildman–Crippen MR) is 69.1 cm³/mol. The number of ether oxygens (including phenoxy) is 1. The van der Waals surface area contributed by atoms with Crippen LogP contribution in [0.3, 0.4) is 0 Å². The fourth-order valence-electron chi connectivity index (χ4n) is 2.17. The van der Waals surface area contributed by atoms with Gasteiger partial charge in [-0.2, -0.15) is 0 Å². The first-order chi connectivity index (χ1) is 8.08. The molecule has 0 aliphatic carbocycles. The van der Waals surface area contributed by atoms with Crippen LogP contribution in [-0.4, -0.2) is 37.1 Å². The Morgan fingerprint density at radius 2 is 2.35 bits per heavy atom. The van der Waals surface area contributed by atoms with Gasteiger partial charge in [0.05, 0.1) is 16.2 Å². The van der Waals surface area contributed by atoms with Crippen molar-refractivity contribution in [3.05, 3.63) is 10.6 Å². The number of methoxy groups -OCH3 is 1. The molecule has 5 heteroatoms. The van der Waals surface area contributed by atoms with Gasteiger partial charge in [0.2, 0.25) is 0 Å². The molecule has 0 aromatic carbocycles. The summed E-state index contributed by atoms with van der Waals surface area (Å²) < 4.78 is 5.56. The van der Waals surface area contributed by atoms with Crippen LogP contribution in [0.1, 0.15) is 35.1 Å². The van der Waals surface area contributed by atoms with Gasteiger partial charge in [0.1, 0.15) is 0 Å². The molecule has 0 saturated carbocycles. The Morgan fingerprint density at radius 1 is 1.59 bits per heavy atom. The molecule has 1 saturated heterocycles. The Hall–Kier alpha value is -0.940. The molecule has 1 atom stereocenters. The van der Waals surface area contributed by atoms with E-state index in [4.69, 9.17) is 4.74 Å². The van der Waals surface area contributed by atoms with Crippen LogP contribution in [0.4, 0.5) is 5.13 Å². The molecule has 0 amide bonds. The number of carbonyl (C=O) groups is 1. The number of aryl methyl sites for hydroxylation is 1. The zero-order valence-corrected chi connectivity index (χ0v) is 11.3. The molecule has 1 aromatic rings. The van der Waals surface area contributed by atoms with E-state index >= 15 is 0 Å². The van der Waals surface area contributed by atoms with E-state index in [1.165, 1.54) is 11.3 Å². The number of hydrogen-bond acceptors (Lipinski definition) is 5. The van der Waals surface area contributed by atoms with E-state index in [-0.39, 0.29) is 5.60 Å². The van der Waals surface area contributed by atoms with Crippen molar-refractivity contribution in [1.29, 1.82) is 0 Å². The first kappa shape index (κ1) is 12.5. The van der Waals surface area contributed by atoms with E-state index in [0.29, 0.717) is 0 Å². The molecular formula is C12H18N2O2S.